The van der Waals surface area contributed by atoms with Gasteiger partial charge in [0.1, 0.15) is 5.75 Å². The van der Waals surface area contributed by atoms with E-state index >= 15 is 0 Å². The highest BCUT2D eigenvalue weighted by Gasteiger charge is 2.23. The highest BCUT2D eigenvalue weighted by molar-refractivity contribution is 5.74. The molecule has 0 aliphatic carbocycles. The Hall–Kier alpha value is -1.91. The minimum atomic E-state index is 0.0691. The van der Waals surface area contributed by atoms with Gasteiger partial charge < -0.3 is 19.9 Å². The summed E-state index contributed by atoms with van der Waals surface area (Å²) >= 11 is 0. The van der Waals surface area contributed by atoms with Crippen LogP contribution in [-0.4, -0.2) is 50.3 Å². The van der Waals surface area contributed by atoms with Crippen LogP contribution in [0, 0.1) is 5.92 Å². The Balaban J connectivity index is 1.86. The minimum Gasteiger partial charge on any atom is -0.492 e. The number of hydrogen-bond acceptors (Lipinski definition) is 3. The van der Waals surface area contributed by atoms with Crippen molar-refractivity contribution in [3.05, 3.63) is 24.3 Å². The maximum absolute atomic E-state index is 12.3. The van der Waals surface area contributed by atoms with Crippen molar-refractivity contribution in [2.45, 2.75) is 33.6 Å². The molecule has 1 N–H and O–H groups in total. The summed E-state index contributed by atoms with van der Waals surface area (Å²) in [6, 6.07) is 8.20. The first-order valence-corrected chi connectivity index (χ1v) is 9.19. The molecule has 0 spiro atoms. The van der Waals surface area contributed by atoms with Gasteiger partial charge in [0.15, 0.2) is 0 Å². The van der Waals surface area contributed by atoms with E-state index in [1.807, 2.05) is 30.0 Å². The molecule has 5 nitrogen and oxygen atoms in total. The van der Waals surface area contributed by atoms with Gasteiger partial charge in [-0.05, 0) is 25.0 Å². The zero-order valence-corrected chi connectivity index (χ0v) is 15.3. The molecular weight excluding hydrogens is 302 g/mol. The molecule has 2 rings (SSSR count). The molecule has 0 unspecified atom stereocenters. The van der Waals surface area contributed by atoms with Crippen LogP contribution in [0.25, 0.3) is 0 Å². The molecular formula is C19H31N3O2. The second-order valence-electron chi connectivity index (χ2n) is 6.24. The molecule has 0 saturated carbocycles. The van der Waals surface area contributed by atoms with Gasteiger partial charge in [0, 0.05) is 32.7 Å². The number of para-hydroxylation sites is 2. The SMILES string of the molecule is CCOc1ccccc1N1CCN(C(=O)NCC(CC)CC)CC1. The number of anilines is 1. The van der Waals surface area contributed by atoms with E-state index in [0.29, 0.717) is 12.5 Å². The number of carbonyl (C=O) groups is 1. The molecule has 1 aromatic rings. The molecule has 1 aromatic carbocycles. The third-order valence-electron chi connectivity index (χ3n) is 4.77. The third-order valence-corrected chi connectivity index (χ3v) is 4.77. The van der Waals surface area contributed by atoms with Crippen molar-refractivity contribution in [2.75, 3.05) is 44.2 Å². The summed E-state index contributed by atoms with van der Waals surface area (Å²) in [7, 11) is 0. The van der Waals surface area contributed by atoms with Crippen molar-refractivity contribution in [2.24, 2.45) is 5.92 Å². The summed E-state index contributed by atoms with van der Waals surface area (Å²) in [5.74, 6) is 1.50. The lowest BCUT2D eigenvalue weighted by Crippen LogP contribution is -2.52. The van der Waals surface area contributed by atoms with E-state index in [4.69, 9.17) is 4.74 Å². The van der Waals surface area contributed by atoms with E-state index in [1.165, 1.54) is 0 Å². The zero-order valence-electron chi connectivity index (χ0n) is 15.3. The van der Waals surface area contributed by atoms with Crippen molar-refractivity contribution in [1.29, 1.82) is 0 Å². The largest absolute Gasteiger partial charge is 0.492 e. The maximum atomic E-state index is 12.3. The van der Waals surface area contributed by atoms with Crippen molar-refractivity contribution in [3.63, 3.8) is 0 Å². The van der Waals surface area contributed by atoms with Gasteiger partial charge in [-0.15, -0.1) is 0 Å². The van der Waals surface area contributed by atoms with E-state index in [2.05, 4.69) is 30.1 Å². The summed E-state index contributed by atoms with van der Waals surface area (Å²) in [5, 5.41) is 3.08. The fraction of sp³-hybridized carbons (Fsp3) is 0.632. The molecule has 24 heavy (non-hydrogen) atoms. The van der Waals surface area contributed by atoms with Crippen LogP contribution in [0.2, 0.25) is 0 Å². The summed E-state index contributed by atoms with van der Waals surface area (Å²) in [6.07, 6.45) is 2.22. The fourth-order valence-electron chi connectivity index (χ4n) is 3.07. The number of nitrogens with one attached hydrogen (secondary N) is 1. The van der Waals surface area contributed by atoms with Crippen LogP contribution in [0.15, 0.2) is 24.3 Å². The lowest BCUT2D eigenvalue weighted by Gasteiger charge is -2.36. The second-order valence-corrected chi connectivity index (χ2v) is 6.24. The highest BCUT2D eigenvalue weighted by Crippen LogP contribution is 2.28. The molecule has 1 aliphatic rings. The molecule has 1 saturated heterocycles. The van der Waals surface area contributed by atoms with Crippen LogP contribution in [0.5, 0.6) is 5.75 Å². The van der Waals surface area contributed by atoms with E-state index in [-0.39, 0.29) is 6.03 Å². The molecule has 2 amide bonds. The van der Waals surface area contributed by atoms with Gasteiger partial charge in [0.25, 0.3) is 0 Å². The molecule has 5 heteroatoms. The number of hydrogen-bond donors (Lipinski definition) is 1. The van der Waals surface area contributed by atoms with Gasteiger partial charge in [0.05, 0.1) is 12.3 Å². The molecule has 0 aromatic heterocycles. The lowest BCUT2D eigenvalue weighted by molar-refractivity contribution is 0.192. The molecule has 1 heterocycles. The number of rotatable bonds is 7. The number of ether oxygens (including phenoxy) is 1. The maximum Gasteiger partial charge on any atom is 0.317 e. The first-order valence-electron chi connectivity index (χ1n) is 9.19. The predicted octanol–water partition coefficient (Wildman–Crippen LogP) is 3.35. The smallest absolute Gasteiger partial charge is 0.317 e. The summed E-state index contributed by atoms with van der Waals surface area (Å²) in [4.78, 5) is 16.5. The Kier molecular flexibility index (Phi) is 7.22. The molecule has 0 atom stereocenters. The van der Waals surface area contributed by atoms with E-state index < -0.39 is 0 Å². The van der Waals surface area contributed by atoms with Gasteiger partial charge >= 0.3 is 6.03 Å². The number of piperazine rings is 1. The second kappa shape index (κ2) is 9.40. The van der Waals surface area contributed by atoms with Crippen molar-refractivity contribution in [3.8, 4) is 5.75 Å². The lowest BCUT2D eigenvalue weighted by atomic mass is 10.0. The van der Waals surface area contributed by atoms with Crippen molar-refractivity contribution < 1.29 is 9.53 Å². The monoisotopic (exact) mass is 333 g/mol. The Morgan fingerprint density at radius 3 is 2.42 bits per heavy atom. The van der Waals surface area contributed by atoms with Gasteiger partial charge in [-0.2, -0.15) is 0 Å². The molecule has 0 bridgehead atoms. The zero-order chi connectivity index (χ0) is 17.4. The van der Waals surface area contributed by atoms with Crippen LogP contribution in [0.1, 0.15) is 33.6 Å². The summed E-state index contributed by atoms with van der Waals surface area (Å²) in [6.45, 7) is 11.0. The standard InChI is InChI=1S/C19H31N3O2/c1-4-16(5-2)15-20-19(23)22-13-11-21(12-14-22)17-9-7-8-10-18(17)24-6-3/h7-10,16H,4-6,11-15H2,1-3H3,(H,20,23). The Morgan fingerprint density at radius 2 is 1.79 bits per heavy atom. The predicted molar refractivity (Wildman–Crippen MR) is 98.9 cm³/mol. The number of carbonyl (C=O) groups excluding carboxylic acids is 1. The topological polar surface area (TPSA) is 44.8 Å². The Morgan fingerprint density at radius 1 is 1.12 bits per heavy atom. The Labute approximate surface area is 146 Å². The third kappa shape index (κ3) is 4.79. The first-order chi connectivity index (χ1) is 11.7. The van der Waals surface area contributed by atoms with Crippen LogP contribution >= 0.6 is 0 Å². The van der Waals surface area contributed by atoms with Gasteiger partial charge in [-0.3, -0.25) is 0 Å². The first kappa shape index (κ1) is 18.4. The van der Waals surface area contributed by atoms with Gasteiger partial charge in [-0.1, -0.05) is 38.8 Å². The van der Waals surface area contributed by atoms with Crippen LogP contribution in [0.4, 0.5) is 10.5 Å². The summed E-state index contributed by atoms with van der Waals surface area (Å²) < 4.78 is 5.72. The molecule has 0 radical (unpaired) electrons. The highest BCUT2D eigenvalue weighted by atomic mass is 16.5. The van der Waals surface area contributed by atoms with Crippen molar-refractivity contribution in [1.82, 2.24) is 10.2 Å². The average molecular weight is 333 g/mol. The van der Waals surface area contributed by atoms with Crippen LogP contribution in [-0.2, 0) is 0 Å². The quantitative estimate of drug-likeness (QED) is 0.832. The molecule has 1 aliphatic heterocycles. The normalized spacial score (nSPS) is 14.8. The fourth-order valence-corrected chi connectivity index (χ4v) is 3.07. The van der Waals surface area contributed by atoms with Crippen LogP contribution < -0.4 is 15.0 Å². The molecule has 134 valence electrons. The van der Waals surface area contributed by atoms with Gasteiger partial charge in [-0.25, -0.2) is 4.79 Å². The van der Waals surface area contributed by atoms with Crippen molar-refractivity contribution >= 4 is 11.7 Å². The molecule has 1 fully saturated rings. The van der Waals surface area contributed by atoms with E-state index in [9.17, 15) is 4.79 Å². The number of amides is 2. The van der Waals surface area contributed by atoms with E-state index in [0.717, 1.165) is 57.0 Å². The summed E-state index contributed by atoms with van der Waals surface area (Å²) in [5.41, 5.74) is 1.12. The number of benzene rings is 1. The minimum absolute atomic E-state index is 0.0691. The van der Waals surface area contributed by atoms with E-state index in [1.54, 1.807) is 0 Å². The average Bonchev–Trinajstić information content (AvgIpc) is 2.63. The van der Waals surface area contributed by atoms with Crippen LogP contribution in [0.3, 0.4) is 0 Å². The number of nitrogens with zero attached hydrogens (tertiary/aromatic N) is 2. The van der Waals surface area contributed by atoms with Gasteiger partial charge in [0.2, 0.25) is 0 Å². The Bertz CT molecular complexity index is 509. The number of urea groups is 1.